The highest BCUT2D eigenvalue weighted by Crippen LogP contribution is 2.27. The number of aliphatic imine (C=N–C) groups is 1. The van der Waals surface area contributed by atoms with Crippen LogP contribution in [0.4, 0.5) is 0 Å². The quantitative estimate of drug-likeness (QED) is 0.270. The Morgan fingerprint density at radius 1 is 1.44 bits per heavy atom. The third-order valence-electron chi connectivity index (χ3n) is 2.96. The maximum atomic E-state index is 10.1. The Balaban J connectivity index is 0.00000289. The molecule has 1 unspecified atom stereocenters. The molecule has 1 rings (SSSR count). The summed E-state index contributed by atoms with van der Waals surface area (Å²) in [6.45, 7) is 3.50. The van der Waals surface area contributed by atoms with E-state index < -0.39 is 5.60 Å². The van der Waals surface area contributed by atoms with Gasteiger partial charge in [-0.05, 0) is 18.6 Å². The minimum Gasteiger partial charge on any atom is -0.387 e. The molecule has 6 heteroatoms. The maximum absolute atomic E-state index is 10.1. The summed E-state index contributed by atoms with van der Waals surface area (Å²) < 4.78 is 0. The fourth-order valence-electron chi connectivity index (χ4n) is 1.78. The van der Waals surface area contributed by atoms with Crippen molar-refractivity contribution < 1.29 is 5.11 Å². The van der Waals surface area contributed by atoms with E-state index in [0.29, 0.717) is 12.5 Å². The molecule has 1 aliphatic rings. The first-order valence-corrected chi connectivity index (χ1v) is 7.66. The maximum Gasteiger partial charge on any atom is 0.188 e. The Morgan fingerprint density at radius 3 is 2.83 bits per heavy atom. The highest BCUT2D eigenvalue weighted by molar-refractivity contribution is 14.0. The molecule has 108 valence electrons. The Morgan fingerprint density at radius 2 is 2.22 bits per heavy atom. The van der Waals surface area contributed by atoms with Crippen LogP contribution in [0, 0.1) is 0 Å². The fourth-order valence-corrected chi connectivity index (χ4v) is 3.06. The first-order chi connectivity index (χ1) is 8.16. The second-order valence-electron chi connectivity index (χ2n) is 4.72. The molecular weight excluding hydrogens is 361 g/mol. The van der Waals surface area contributed by atoms with Gasteiger partial charge in [0.05, 0.1) is 12.1 Å². The number of nitrogens with one attached hydrogen (secondary N) is 1. The van der Waals surface area contributed by atoms with Gasteiger partial charge < -0.3 is 16.2 Å². The fraction of sp³-hybridized carbons (Fsp3) is 0.917. The highest BCUT2D eigenvalue weighted by Gasteiger charge is 2.31. The molecule has 0 aliphatic carbocycles. The largest absolute Gasteiger partial charge is 0.387 e. The molecule has 0 saturated carbocycles. The second-order valence-corrected chi connectivity index (χ2v) is 5.82. The Bertz CT molecular complexity index is 245. The zero-order valence-electron chi connectivity index (χ0n) is 11.2. The van der Waals surface area contributed by atoms with E-state index in [4.69, 9.17) is 5.73 Å². The van der Waals surface area contributed by atoms with Crippen LogP contribution in [0.15, 0.2) is 4.99 Å². The molecule has 4 N–H and O–H groups in total. The standard InChI is InChI=1S/C12H25N3OS.HI/c1-2-3-4-5-7-14-11(13)15-9-12(16)6-8-17-10-12;/h16H,2-10H2,1H3,(H3,13,14,15);1H. The van der Waals surface area contributed by atoms with Gasteiger partial charge in [0, 0.05) is 12.3 Å². The number of halogens is 1. The normalized spacial score (nSPS) is 23.8. The van der Waals surface area contributed by atoms with Gasteiger partial charge in [-0.1, -0.05) is 26.2 Å². The molecule has 1 saturated heterocycles. The van der Waals surface area contributed by atoms with Crippen LogP contribution in [0.25, 0.3) is 0 Å². The van der Waals surface area contributed by atoms with Crippen molar-refractivity contribution in [2.24, 2.45) is 10.7 Å². The van der Waals surface area contributed by atoms with Crippen LogP contribution in [0.2, 0.25) is 0 Å². The molecule has 1 aliphatic heterocycles. The van der Waals surface area contributed by atoms with Crippen molar-refractivity contribution in [3.05, 3.63) is 0 Å². The van der Waals surface area contributed by atoms with Crippen LogP contribution < -0.4 is 11.1 Å². The number of unbranched alkanes of at least 4 members (excludes halogenated alkanes) is 3. The van der Waals surface area contributed by atoms with Crippen molar-refractivity contribution in [3.63, 3.8) is 0 Å². The van der Waals surface area contributed by atoms with Gasteiger partial charge in [-0.2, -0.15) is 11.8 Å². The lowest BCUT2D eigenvalue weighted by Crippen LogP contribution is -2.37. The van der Waals surface area contributed by atoms with Crippen molar-refractivity contribution in [3.8, 4) is 0 Å². The second kappa shape index (κ2) is 10.1. The lowest BCUT2D eigenvalue weighted by atomic mass is 10.1. The highest BCUT2D eigenvalue weighted by atomic mass is 127. The van der Waals surface area contributed by atoms with Gasteiger partial charge in [0.15, 0.2) is 5.96 Å². The monoisotopic (exact) mass is 387 g/mol. The number of aliphatic hydroxyl groups is 1. The summed E-state index contributed by atoms with van der Waals surface area (Å²) in [4.78, 5) is 4.22. The topological polar surface area (TPSA) is 70.6 Å². The predicted octanol–water partition coefficient (Wildman–Crippen LogP) is 1.96. The molecule has 4 nitrogen and oxygen atoms in total. The first-order valence-electron chi connectivity index (χ1n) is 6.50. The zero-order valence-corrected chi connectivity index (χ0v) is 14.3. The summed E-state index contributed by atoms with van der Waals surface area (Å²) in [7, 11) is 0. The van der Waals surface area contributed by atoms with Crippen molar-refractivity contribution in [1.82, 2.24) is 5.32 Å². The molecule has 18 heavy (non-hydrogen) atoms. The first kappa shape index (κ1) is 18.3. The van der Waals surface area contributed by atoms with Crippen LogP contribution in [-0.2, 0) is 0 Å². The SMILES string of the molecule is CCCCCCNC(N)=NCC1(O)CCSC1.I. The smallest absolute Gasteiger partial charge is 0.188 e. The van der Waals surface area contributed by atoms with E-state index in [1.165, 1.54) is 19.3 Å². The molecule has 0 bridgehead atoms. The Kier molecular flexibility index (Phi) is 10.3. The van der Waals surface area contributed by atoms with Crippen LogP contribution in [0.5, 0.6) is 0 Å². The minimum atomic E-state index is -0.626. The summed E-state index contributed by atoms with van der Waals surface area (Å²) in [6.07, 6.45) is 5.70. The number of rotatable bonds is 7. The van der Waals surface area contributed by atoms with Crippen molar-refractivity contribution in [2.75, 3.05) is 24.6 Å². The number of nitrogens with two attached hydrogens (primary N) is 1. The van der Waals surface area contributed by atoms with Crippen LogP contribution >= 0.6 is 35.7 Å². The number of nitrogens with zero attached hydrogens (tertiary/aromatic N) is 1. The van der Waals surface area contributed by atoms with E-state index in [1.54, 1.807) is 11.8 Å². The van der Waals surface area contributed by atoms with Crippen molar-refractivity contribution >= 4 is 41.7 Å². The summed E-state index contributed by atoms with van der Waals surface area (Å²) in [5.41, 5.74) is 5.12. The third kappa shape index (κ3) is 7.68. The molecule has 0 amide bonds. The van der Waals surface area contributed by atoms with Gasteiger partial charge in [-0.3, -0.25) is 4.99 Å². The van der Waals surface area contributed by atoms with Gasteiger partial charge in [0.2, 0.25) is 0 Å². The molecule has 0 aromatic heterocycles. The molecular formula is C12H26IN3OS. The number of guanidine groups is 1. The number of hydrogen-bond donors (Lipinski definition) is 3. The average Bonchev–Trinajstić information content (AvgIpc) is 2.74. The predicted molar refractivity (Wildman–Crippen MR) is 90.9 cm³/mol. The van der Waals surface area contributed by atoms with Crippen molar-refractivity contribution in [1.29, 1.82) is 0 Å². The van der Waals surface area contributed by atoms with Gasteiger partial charge in [0.25, 0.3) is 0 Å². The lowest BCUT2D eigenvalue weighted by molar-refractivity contribution is 0.0779. The molecule has 1 fully saturated rings. The van der Waals surface area contributed by atoms with Gasteiger partial charge in [0.1, 0.15) is 0 Å². The van der Waals surface area contributed by atoms with E-state index >= 15 is 0 Å². The summed E-state index contributed by atoms with van der Waals surface area (Å²) >= 11 is 1.78. The van der Waals surface area contributed by atoms with Crippen LogP contribution in [0.1, 0.15) is 39.0 Å². The lowest BCUT2D eigenvalue weighted by Gasteiger charge is -2.18. The molecule has 0 spiro atoms. The van der Waals surface area contributed by atoms with Crippen molar-refractivity contribution in [2.45, 2.75) is 44.6 Å². The molecule has 0 aromatic carbocycles. The number of hydrogen-bond acceptors (Lipinski definition) is 3. The molecule has 0 radical (unpaired) electrons. The average molecular weight is 387 g/mol. The summed E-state index contributed by atoms with van der Waals surface area (Å²) in [5, 5.41) is 13.2. The van der Waals surface area contributed by atoms with Crippen LogP contribution in [-0.4, -0.2) is 41.3 Å². The minimum absolute atomic E-state index is 0. The van der Waals surface area contributed by atoms with E-state index in [-0.39, 0.29) is 24.0 Å². The molecule has 1 atom stereocenters. The Labute approximate surface area is 132 Å². The van der Waals surface area contributed by atoms with E-state index in [1.807, 2.05) is 0 Å². The molecule has 0 aromatic rings. The third-order valence-corrected chi connectivity index (χ3v) is 4.20. The summed E-state index contributed by atoms with van der Waals surface area (Å²) in [6, 6.07) is 0. The van der Waals surface area contributed by atoms with Crippen LogP contribution in [0.3, 0.4) is 0 Å². The van der Waals surface area contributed by atoms with Gasteiger partial charge in [-0.15, -0.1) is 24.0 Å². The molecule has 1 heterocycles. The Hall–Kier alpha value is 0.310. The van der Waals surface area contributed by atoms with E-state index in [2.05, 4.69) is 17.2 Å². The van der Waals surface area contributed by atoms with Gasteiger partial charge >= 0.3 is 0 Å². The van der Waals surface area contributed by atoms with Gasteiger partial charge in [-0.25, -0.2) is 0 Å². The van der Waals surface area contributed by atoms with E-state index in [9.17, 15) is 5.11 Å². The zero-order chi connectivity index (χ0) is 12.6. The number of thioether (sulfide) groups is 1. The van der Waals surface area contributed by atoms with E-state index in [0.717, 1.165) is 30.9 Å². The summed E-state index contributed by atoms with van der Waals surface area (Å²) in [5.74, 6) is 2.27.